The second kappa shape index (κ2) is 1.90. The summed E-state index contributed by atoms with van der Waals surface area (Å²) < 4.78 is 0. The van der Waals surface area contributed by atoms with Crippen LogP contribution in [0.1, 0.15) is 20.8 Å². The lowest BCUT2D eigenvalue weighted by Crippen LogP contribution is -2.02. The van der Waals surface area contributed by atoms with Crippen LogP contribution in [-0.2, 0) is 0 Å². The third-order valence-corrected chi connectivity index (χ3v) is 1.01. The molecule has 0 aliphatic heterocycles. The fourth-order valence-electron chi connectivity index (χ4n) is 0. The Morgan fingerprint density at radius 3 is 1.50 bits per heavy atom. The molecule has 0 aliphatic rings. The lowest BCUT2D eigenvalue weighted by Gasteiger charge is -2.10. The van der Waals surface area contributed by atoms with Crippen LogP contribution in [-0.4, -0.2) is 10.0 Å². The molecule has 0 aromatic rings. The highest BCUT2D eigenvalue weighted by Gasteiger charge is 2.05. The van der Waals surface area contributed by atoms with Crippen molar-refractivity contribution in [1.29, 1.82) is 0 Å². The van der Waals surface area contributed by atoms with E-state index in [1.807, 2.05) is 20.8 Å². The molecule has 0 amide bonds. The van der Waals surface area contributed by atoms with Crippen molar-refractivity contribution in [1.82, 2.24) is 0 Å². The summed E-state index contributed by atoms with van der Waals surface area (Å²) in [4.78, 5) is 8.43. The minimum Gasteiger partial charge on any atom is -0.377 e. The molecule has 0 aliphatic carbocycles. The molecule has 0 spiro atoms. The summed E-state index contributed by atoms with van der Waals surface area (Å²) in [5, 5.41) is 0.125. The van der Waals surface area contributed by atoms with Crippen LogP contribution in [0.5, 0.6) is 0 Å². The predicted octanol–water partition coefficient (Wildman–Crippen LogP) is 1.37. The lowest BCUT2D eigenvalue weighted by atomic mass is 10.3. The van der Waals surface area contributed by atoms with Crippen molar-refractivity contribution in [3.8, 4) is 0 Å². The Hall–Kier alpha value is 0.390. The van der Waals surface area contributed by atoms with E-state index < -0.39 is 0 Å². The van der Waals surface area contributed by atoms with Gasteiger partial charge in [-0.15, -0.1) is 0 Å². The largest absolute Gasteiger partial charge is 0.377 e. The highest BCUT2D eigenvalue weighted by molar-refractivity contribution is 7.33. The van der Waals surface area contributed by atoms with Crippen LogP contribution in [0, 0.1) is 0 Å². The smallest absolute Gasteiger partial charge is 0.0162 e. The molecule has 2 heteroatoms. The Balaban J connectivity index is 3.17. The third-order valence-electron chi connectivity index (χ3n) is 0.335. The van der Waals surface area contributed by atoms with E-state index in [4.69, 9.17) is 4.89 Å². The predicted molar refractivity (Wildman–Crippen MR) is 30.3 cm³/mol. The van der Waals surface area contributed by atoms with E-state index in [0.717, 1.165) is 0 Å². The maximum Gasteiger partial charge on any atom is 0.0162 e. The molecule has 1 unspecified atom stereocenters. The lowest BCUT2D eigenvalue weighted by molar-refractivity contribution is 0.602. The molecule has 38 valence electrons. The first-order chi connectivity index (χ1) is 2.56. The summed E-state index contributed by atoms with van der Waals surface area (Å²) in [7, 11) is 0.0671. The van der Waals surface area contributed by atoms with Gasteiger partial charge in [0.1, 0.15) is 0 Å². The van der Waals surface area contributed by atoms with Gasteiger partial charge in [-0.25, -0.2) is 0 Å². The van der Waals surface area contributed by atoms with Crippen LogP contribution in [0.4, 0.5) is 0 Å². The fourth-order valence-corrected chi connectivity index (χ4v) is 0. The average Bonchev–Trinajstić information content (AvgIpc) is 1.35. The number of hydrogen-bond acceptors (Lipinski definition) is 1. The van der Waals surface area contributed by atoms with Gasteiger partial charge in [0.15, 0.2) is 0 Å². The van der Waals surface area contributed by atoms with Crippen LogP contribution in [0.3, 0.4) is 0 Å². The van der Waals surface area contributed by atoms with Crippen LogP contribution >= 0.6 is 8.81 Å². The maximum atomic E-state index is 8.43. The Labute approximate surface area is 40.6 Å². The average molecular weight is 106 g/mol. The van der Waals surface area contributed by atoms with Crippen LogP contribution in [0.15, 0.2) is 0 Å². The van der Waals surface area contributed by atoms with Crippen molar-refractivity contribution in [2.75, 3.05) is 0 Å². The van der Waals surface area contributed by atoms with E-state index in [1.54, 1.807) is 0 Å². The fraction of sp³-hybridized carbons (Fsp3) is 1.00. The topological polar surface area (TPSA) is 20.2 Å². The molecule has 0 saturated heterocycles. The second-order valence-corrected chi connectivity index (χ2v) is 4.09. The summed E-state index contributed by atoms with van der Waals surface area (Å²) in [6, 6.07) is 0. The second-order valence-electron chi connectivity index (χ2n) is 2.36. The molecule has 1 N–H and O–H groups in total. The van der Waals surface area contributed by atoms with Gasteiger partial charge in [0.05, 0.1) is 0 Å². The van der Waals surface area contributed by atoms with E-state index in [1.165, 1.54) is 0 Å². The van der Waals surface area contributed by atoms with Gasteiger partial charge in [-0.3, -0.25) is 0 Å². The van der Waals surface area contributed by atoms with Gasteiger partial charge >= 0.3 is 0 Å². The van der Waals surface area contributed by atoms with Crippen molar-refractivity contribution < 1.29 is 4.89 Å². The Morgan fingerprint density at radius 1 is 1.33 bits per heavy atom. The zero-order valence-electron chi connectivity index (χ0n) is 4.45. The summed E-state index contributed by atoms with van der Waals surface area (Å²) >= 11 is 0. The maximum absolute atomic E-state index is 8.43. The molecule has 1 atom stereocenters. The highest BCUT2D eigenvalue weighted by atomic mass is 31.1. The summed E-state index contributed by atoms with van der Waals surface area (Å²) in [5.41, 5.74) is 0. The van der Waals surface area contributed by atoms with Gasteiger partial charge < -0.3 is 4.89 Å². The normalized spacial score (nSPS) is 14.0. The van der Waals surface area contributed by atoms with E-state index in [0.29, 0.717) is 0 Å². The van der Waals surface area contributed by atoms with Crippen LogP contribution in [0.2, 0.25) is 0 Å². The first kappa shape index (κ1) is 6.39. The van der Waals surface area contributed by atoms with E-state index >= 15 is 0 Å². The van der Waals surface area contributed by atoms with Gasteiger partial charge in [0.25, 0.3) is 0 Å². The Bertz CT molecular complexity index is 37.3. The van der Waals surface area contributed by atoms with Crippen LogP contribution < -0.4 is 0 Å². The SMILES string of the molecule is CC(C)(C)PO. The molecule has 0 rings (SSSR count). The highest BCUT2D eigenvalue weighted by Crippen LogP contribution is 2.24. The molecule has 6 heavy (non-hydrogen) atoms. The van der Waals surface area contributed by atoms with Gasteiger partial charge in [0.2, 0.25) is 0 Å². The molecule has 1 nitrogen and oxygen atoms in total. The summed E-state index contributed by atoms with van der Waals surface area (Å²) in [5.74, 6) is 0. The van der Waals surface area contributed by atoms with Crippen molar-refractivity contribution >= 4 is 8.81 Å². The molecule has 0 heterocycles. The molecule has 0 aromatic heterocycles. The Morgan fingerprint density at radius 2 is 1.50 bits per heavy atom. The quantitative estimate of drug-likeness (QED) is 0.462. The van der Waals surface area contributed by atoms with Gasteiger partial charge in [-0.2, -0.15) is 0 Å². The van der Waals surface area contributed by atoms with Crippen LogP contribution in [0.25, 0.3) is 0 Å². The first-order valence-corrected chi connectivity index (χ1v) is 2.92. The van der Waals surface area contributed by atoms with Crippen molar-refractivity contribution in [2.45, 2.75) is 25.9 Å². The molecule has 0 radical (unpaired) electrons. The van der Waals surface area contributed by atoms with E-state index in [2.05, 4.69) is 0 Å². The van der Waals surface area contributed by atoms with Gasteiger partial charge in [-0.1, -0.05) is 20.8 Å². The zero-order chi connectivity index (χ0) is 5.21. The minimum atomic E-state index is 0.0671. The van der Waals surface area contributed by atoms with Crippen molar-refractivity contribution in [3.63, 3.8) is 0 Å². The molecule has 0 bridgehead atoms. The Kier molecular flexibility index (Phi) is 2.03. The molecular weight excluding hydrogens is 95.0 g/mol. The number of hydrogen-bond donors (Lipinski definition) is 1. The molecular formula is C4H11OP. The van der Waals surface area contributed by atoms with Crippen molar-refractivity contribution in [3.05, 3.63) is 0 Å². The monoisotopic (exact) mass is 106 g/mol. The minimum absolute atomic E-state index is 0.0671. The van der Waals surface area contributed by atoms with Crippen molar-refractivity contribution in [2.24, 2.45) is 0 Å². The standard InChI is InChI=1S/C4H11OP/c1-4(2,3)6-5/h5-6H,1-3H3. The molecule has 0 saturated carbocycles. The van der Waals surface area contributed by atoms with Gasteiger partial charge in [-0.05, 0) is 0 Å². The molecule has 0 fully saturated rings. The van der Waals surface area contributed by atoms with Gasteiger partial charge in [0, 0.05) is 14.0 Å². The number of rotatable bonds is 0. The van der Waals surface area contributed by atoms with E-state index in [9.17, 15) is 0 Å². The van der Waals surface area contributed by atoms with E-state index in [-0.39, 0.29) is 14.0 Å². The molecule has 0 aromatic carbocycles. The summed E-state index contributed by atoms with van der Waals surface area (Å²) in [6.45, 7) is 6.02. The zero-order valence-corrected chi connectivity index (χ0v) is 5.45. The third kappa shape index (κ3) is 4.39. The summed E-state index contributed by atoms with van der Waals surface area (Å²) in [6.07, 6.45) is 0. The first-order valence-electron chi connectivity index (χ1n) is 1.97.